The third-order valence-corrected chi connectivity index (χ3v) is 5.87. The van der Waals surface area contributed by atoms with Gasteiger partial charge in [-0.05, 0) is 36.1 Å². The highest BCUT2D eigenvalue weighted by atomic mass is 79.9. The van der Waals surface area contributed by atoms with Crippen molar-refractivity contribution < 1.29 is 14.4 Å². The van der Waals surface area contributed by atoms with Crippen molar-refractivity contribution in [3.8, 4) is 11.5 Å². The number of nitro groups is 1. The van der Waals surface area contributed by atoms with Crippen molar-refractivity contribution in [3.63, 3.8) is 0 Å². The van der Waals surface area contributed by atoms with Crippen molar-refractivity contribution in [2.45, 2.75) is 18.4 Å². The maximum Gasteiger partial charge on any atom is 0.273 e. The molecule has 27 heavy (non-hydrogen) atoms. The smallest absolute Gasteiger partial charge is 0.273 e. The molecule has 0 saturated carbocycles. The number of nitro benzene ring substituents is 1. The van der Waals surface area contributed by atoms with Crippen LogP contribution in [0, 0.1) is 16.0 Å². The molecule has 2 aliphatic rings. The molecule has 2 aromatic rings. The summed E-state index contributed by atoms with van der Waals surface area (Å²) in [6.45, 7) is 0. The Morgan fingerprint density at radius 3 is 2.63 bits per heavy atom. The Hall–Kier alpha value is -2.54. The number of benzene rings is 2. The molecule has 1 aliphatic heterocycles. The maximum atomic E-state index is 11.3. The number of rotatable bonds is 4. The summed E-state index contributed by atoms with van der Waals surface area (Å²) in [4.78, 5) is 11.0. The van der Waals surface area contributed by atoms with Crippen molar-refractivity contribution >= 4 is 27.3 Å². The average Bonchev–Trinajstić information content (AvgIpc) is 3.16. The number of halogens is 1. The zero-order valence-corrected chi connectivity index (χ0v) is 16.5. The summed E-state index contributed by atoms with van der Waals surface area (Å²) in [6.07, 6.45) is 5.18. The number of methoxy groups -OCH3 is 2. The number of nitrogens with zero attached hydrogens (tertiary/aromatic N) is 1. The number of non-ortho nitro benzene ring substituents is 1. The third kappa shape index (κ3) is 2.96. The van der Waals surface area contributed by atoms with Crippen LogP contribution < -0.4 is 14.8 Å². The van der Waals surface area contributed by atoms with E-state index >= 15 is 0 Å². The van der Waals surface area contributed by atoms with Gasteiger partial charge in [0.05, 0.1) is 36.9 Å². The van der Waals surface area contributed by atoms with Crippen molar-refractivity contribution in [3.05, 3.63) is 68.2 Å². The van der Waals surface area contributed by atoms with Gasteiger partial charge in [-0.1, -0.05) is 28.1 Å². The van der Waals surface area contributed by atoms with Crippen LogP contribution in [0.5, 0.6) is 11.5 Å². The lowest BCUT2D eigenvalue weighted by Crippen LogP contribution is -2.29. The second-order valence-corrected chi connectivity index (χ2v) is 7.65. The second kappa shape index (κ2) is 6.88. The molecule has 0 bridgehead atoms. The van der Waals surface area contributed by atoms with Gasteiger partial charge in [0, 0.05) is 22.0 Å². The maximum absolute atomic E-state index is 11.3. The number of ether oxygens (including phenoxy) is 2. The molecule has 3 atom stereocenters. The van der Waals surface area contributed by atoms with Crippen LogP contribution in [0.4, 0.5) is 11.4 Å². The number of fused-ring (bicyclic) bond motifs is 3. The molecule has 0 fully saturated rings. The van der Waals surface area contributed by atoms with Crippen LogP contribution in [0.15, 0.2) is 47.0 Å². The van der Waals surface area contributed by atoms with Crippen molar-refractivity contribution in [2.24, 2.45) is 5.92 Å². The number of allylic oxidation sites excluding steroid dienone is 2. The first kappa shape index (κ1) is 17.9. The van der Waals surface area contributed by atoms with E-state index in [9.17, 15) is 10.1 Å². The van der Waals surface area contributed by atoms with Gasteiger partial charge < -0.3 is 14.8 Å². The average molecular weight is 431 g/mol. The van der Waals surface area contributed by atoms with Gasteiger partial charge in [0.25, 0.3) is 5.69 Å². The second-order valence-electron chi connectivity index (χ2n) is 6.73. The molecule has 2 aromatic carbocycles. The van der Waals surface area contributed by atoms with Gasteiger partial charge in [0.1, 0.15) is 11.5 Å². The lowest BCUT2D eigenvalue weighted by molar-refractivity contribution is -0.385. The Kier molecular flexibility index (Phi) is 4.55. The van der Waals surface area contributed by atoms with E-state index in [0.29, 0.717) is 5.75 Å². The van der Waals surface area contributed by atoms with Gasteiger partial charge in [-0.15, -0.1) is 0 Å². The zero-order valence-electron chi connectivity index (χ0n) is 14.9. The Morgan fingerprint density at radius 2 is 1.93 bits per heavy atom. The van der Waals surface area contributed by atoms with E-state index in [1.54, 1.807) is 13.2 Å². The van der Waals surface area contributed by atoms with Crippen molar-refractivity contribution in [1.82, 2.24) is 0 Å². The molecule has 0 amide bonds. The molecule has 0 saturated heterocycles. The Balaban J connectivity index is 1.87. The molecular weight excluding hydrogens is 412 g/mol. The van der Waals surface area contributed by atoms with Crippen LogP contribution in [-0.2, 0) is 0 Å². The quantitative estimate of drug-likeness (QED) is 0.409. The molecular formula is C20H19BrN2O4. The third-order valence-electron chi connectivity index (χ3n) is 5.38. The summed E-state index contributed by atoms with van der Waals surface area (Å²) in [5.74, 6) is 1.62. The van der Waals surface area contributed by atoms with Gasteiger partial charge in [-0.25, -0.2) is 0 Å². The van der Waals surface area contributed by atoms with Crippen LogP contribution in [0.1, 0.15) is 29.5 Å². The van der Waals surface area contributed by atoms with Crippen LogP contribution in [0.25, 0.3) is 0 Å². The highest BCUT2D eigenvalue weighted by Gasteiger charge is 2.41. The zero-order chi connectivity index (χ0) is 19.1. The largest absolute Gasteiger partial charge is 0.496 e. The fourth-order valence-corrected chi connectivity index (χ4v) is 4.55. The number of hydrogen-bond acceptors (Lipinski definition) is 5. The minimum Gasteiger partial charge on any atom is -0.496 e. The first-order chi connectivity index (χ1) is 13.0. The Morgan fingerprint density at radius 1 is 1.15 bits per heavy atom. The van der Waals surface area contributed by atoms with E-state index in [4.69, 9.17) is 9.47 Å². The molecule has 0 radical (unpaired) electrons. The molecule has 1 N–H and O–H groups in total. The molecule has 0 spiro atoms. The summed E-state index contributed by atoms with van der Waals surface area (Å²) in [7, 11) is 3.20. The highest BCUT2D eigenvalue weighted by Crippen LogP contribution is 2.54. The number of hydrogen-bond donors (Lipinski definition) is 1. The molecule has 4 rings (SSSR count). The summed E-state index contributed by atoms with van der Waals surface area (Å²) >= 11 is 3.55. The van der Waals surface area contributed by atoms with Crippen molar-refractivity contribution in [2.75, 3.05) is 19.5 Å². The molecule has 1 heterocycles. The summed E-state index contributed by atoms with van der Waals surface area (Å²) in [5.41, 5.74) is 2.81. The molecule has 140 valence electrons. The SMILES string of the molecule is COc1ccc(Br)cc1[C@@H]1Nc2c(OC)cc([N+](=O)[O-])cc2[C@@H]2C=CC[C@H]21. The fraction of sp³-hybridized carbons (Fsp3) is 0.300. The molecule has 0 unspecified atom stereocenters. The van der Waals surface area contributed by atoms with Crippen LogP contribution in [-0.4, -0.2) is 19.1 Å². The highest BCUT2D eigenvalue weighted by molar-refractivity contribution is 9.10. The topological polar surface area (TPSA) is 73.6 Å². The van der Waals surface area contributed by atoms with Crippen LogP contribution in [0.2, 0.25) is 0 Å². The lowest BCUT2D eigenvalue weighted by atomic mass is 9.76. The Labute approximate surface area is 165 Å². The fourth-order valence-electron chi connectivity index (χ4n) is 4.17. The van der Waals surface area contributed by atoms with E-state index in [0.717, 1.165) is 33.5 Å². The van der Waals surface area contributed by atoms with E-state index in [-0.39, 0.29) is 28.5 Å². The van der Waals surface area contributed by atoms with Gasteiger partial charge in [0.15, 0.2) is 0 Å². The van der Waals surface area contributed by atoms with Crippen molar-refractivity contribution in [1.29, 1.82) is 0 Å². The van der Waals surface area contributed by atoms with Gasteiger partial charge >= 0.3 is 0 Å². The van der Waals surface area contributed by atoms with E-state index in [1.165, 1.54) is 13.2 Å². The van der Waals surface area contributed by atoms with Gasteiger partial charge in [-0.3, -0.25) is 10.1 Å². The van der Waals surface area contributed by atoms with Crippen LogP contribution >= 0.6 is 15.9 Å². The standard InChI is InChI=1S/C20H19BrN2O4/c1-26-17-7-6-11(21)8-16(17)19-14-5-3-4-13(14)15-9-12(23(24)25)10-18(27-2)20(15)22-19/h3-4,6-10,13-14,19,22H,5H2,1-2H3/t13-,14-,19-/m1/s1. The summed E-state index contributed by atoms with van der Waals surface area (Å²) < 4.78 is 12.1. The molecule has 1 aliphatic carbocycles. The van der Waals surface area contributed by atoms with Crippen LogP contribution in [0.3, 0.4) is 0 Å². The van der Waals surface area contributed by atoms with E-state index in [1.807, 2.05) is 12.1 Å². The molecule has 7 heteroatoms. The summed E-state index contributed by atoms with van der Waals surface area (Å²) in [6, 6.07) is 9.09. The minimum atomic E-state index is -0.375. The number of nitrogens with one attached hydrogen (secondary N) is 1. The summed E-state index contributed by atoms with van der Waals surface area (Å²) in [5, 5.41) is 14.9. The minimum absolute atomic E-state index is 0.000283. The van der Waals surface area contributed by atoms with Gasteiger partial charge in [0.2, 0.25) is 0 Å². The predicted octanol–water partition coefficient (Wildman–Crippen LogP) is 5.20. The van der Waals surface area contributed by atoms with E-state index < -0.39 is 0 Å². The molecule has 0 aromatic heterocycles. The first-order valence-corrected chi connectivity index (χ1v) is 9.45. The predicted molar refractivity (Wildman–Crippen MR) is 107 cm³/mol. The normalized spacial score (nSPS) is 22.6. The van der Waals surface area contributed by atoms with Gasteiger partial charge in [-0.2, -0.15) is 0 Å². The number of anilines is 1. The first-order valence-electron chi connectivity index (χ1n) is 8.66. The Bertz CT molecular complexity index is 944. The monoisotopic (exact) mass is 430 g/mol. The lowest BCUT2D eigenvalue weighted by Gasteiger charge is -2.38. The van der Waals surface area contributed by atoms with E-state index in [2.05, 4.69) is 39.5 Å². The molecule has 6 nitrogen and oxygen atoms in total.